The van der Waals surface area contributed by atoms with Crippen molar-refractivity contribution in [1.82, 2.24) is 4.98 Å². The van der Waals surface area contributed by atoms with Gasteiger partial charge < -0.3 is 4.57 Å². The molecule has 0 radical (unpaired) electrons. The Morgan fingerprint density at radius 3 is 1.76 bits per heavy atom. The van der Waals surface area contributed by atoms with Gasteiger partial charge in [0.15, 0.2) is 7.14 Å². The zero-order chi connectivity index (χ0) is 24.8. The van der Waals surface area contributed by atoms with Crippen molar-refractivity contribution in [2.45, 2.75) is 0 Å². The maximum Gasteiger partial charge on any atom is 0.171 e. The Morgan fingerprint density at radius 1 is 0.541 bits per heavy atom. The highest BCUT2D eigenvalue weighted by Gasteiger charge is 2.29. The van der Waals surface area contributed by atoms with E-state index in [1.54, 1.807) is 11.3 Å². The molecule has 0 saturated heterocycles. The number of hydrogen-bond donors (Lipinski definition) is 0. The van der Waals surface area contributed by atoms with Gasteiger partial charge in [0.25, 0.3) is 0 Å². The van der Waals surface area contributed by atoms with Gasteiger partial charge in [0.1, 0.15) is 0 Å². The summed E-state index contributed by atoms with van der Waals surface area (Å²) in [6.07, 6.45) is 0. The van der Waals surface area contributed by atoms with E-state index in [9.17, 15) is 4.57 Å². The summed E-state index contributed by atoms with van der Waals surface area (Å²) in [7, 11) is -3.02. The van der Waals surface area contributed by atoms with E-state index in [1.165, 1.54) is 20.3 Å². The maximum atomic E-state index is 14.8. The second-order valence-electron chi connectivity index (χ2n) is 9.11. The highest BCUT2D eigenvalue weighted by Crippen LogP contribution is 2.45. The summed E-state index contributed by atoms with van der Waals surface area (Å²) < 4.78 is 17.2. The average Bonchev–Trinajstić information content (AvgIpc) is 3.34. The van der Waals surface area contributed by atoms with Crippen molar-refractivity contribution in [3.63, 3.8) is 0 Å². The van der Waals surface area contributed by atoms with E-state index in [-0.39, 0.29) is 0 Å². The molecular formula is C33H22NOPS. The van der Waals surface area contributed by atoms with Crippen molar-refractivity contribution in [3.05, 3.63) is 133 Å². The number of pyridine rings is 1. The minimum Gasteiger partial charge on any atom is -0.309 e. The third-order valence-electron chi connectivity index (χ3n) is 6.96. The lowest BCUT2D eigenvalue weighted by atomic mass is 10.00. The molecule has 7 rings (SSSR count). The molecule has 0 N–H and O–H groups in total. The Hall–Kier alpha value is -4.04. The first-order valence-corrected chi connectivity index (χ1v) is 14.8. The Morgan fingerprint density at radius 2 is 1.08 bits per heavy atom. The number of fused-ring (bicyclic) bond motifs is 4. The Balaban J connectivity index is 1.46. The number of thiophene rings is 1. The van der Waals surface area contributed by atoms with Gasteiger partial charge in [0.05, 0.1) is 15.7 Å². The smallest absolute Gasteiger partial charge is 0.171 e. The van der Waals surface area contributed by atoms with Gasteiger partial charge in [-0.15, -0.1) is 11.3 Å². The van der Waals surface area contributed by atoms with Crippen LogP contribution in [-0.2, 0) is 4.57 Å². The van der Waals surface area contributed by atoms with Crippen LogP contribution in [0.25, 0.3) is 42.3 Å². The van der Waals surface area contributed by atoms with Crippen molar-refractivity contribution in [3.8, 4) is 11.1 Å². The van der Waals surface area contributed by atoms with Crippen molar-refractivity contribution in [1.29, 1.82) is 0 Å². The molecule has 7 aromatic rings. The van der Waals surface area contributed by atoms with Crippen LogP contribution >= 0.6 is 18.5 Å². The summed E-state index contributed by atoms with van der Waals surface area (Å²) in [5.74, 6) is 0. The van der Waals surface area contributed by atoms with Crippen LogP contribution in [0.3, 0.4) is 0 Å². The van der Waals surface area contributed by atoms with Crippen molar-refractivity contribution in [2.24, 2.45) is 0 Å². The molecule has 0 saturated carbocycles. The summed E-state index contributed by atoms with van der Waals surface area (Å²) in [6.45, 7) is 0. The standard InChI is InChI=1S/C33H22NOPS/c35-36(24-11-3-1-4-12-24,25-13-5-2-6-14-25)26-21-19-23(20-22-26)31-27-15-7-9-17-29(27)34-32-28-16-8-10-18-30(28)37-33(31)32/h1-22H. The summed E-state index contributed by atoms with van der Waals surface area (Å²) in [4.78, 5) is 5.05. The fourth-order valence-electron chi connectivity index (χ4n) is 5.19. The molecule has 2 heterocycles. The molecule has 2 aromatic heterocycles. The largest absolute Gasteiger partial charge is 0.309 e. The molecule has 0 aliphatic carbocycles. The van der Waals surface area contributed by atoms with Crippen LogP contribution in [0.1, 0.15) is 0 Å². The van der Waals surface area contributed by atoms with E-state index < -0.39 is 7.14 Å². The SMILES string of the molecule is O=P(c1ccccc1)(c1ccccc1)c1ccc(-c2c3ccccc3nc3c2sc2ccccc23)cc1. The monoisotopic (exact) mass is 511 g/mol. The molecule has 0 bridgehead atoms. The quantitative estimate of drug-likeness (QED) is 0.225. The van der Waals surface area contributed by atoms with Crippen LogP contribution in [0.2, 0.25) is 0 Å². The number of nitrogens with zero attached hydrogens (tertiary/aromatic N) is 1. The van der Waals surface area contributed by atoms with Crippen LogP contribution in [0.15, 0.2) is 133 Å². The maximum absolute atomic E-state index is 14.8. The molecule has 0 aliphatic heterocycles. The van der Waals surface area contributed by atoms with Crippen LogP contribution in [0.4, 0.5) is 0 Å². The molecule has 4 heteroatoms. The molecule has 0 fully saturated rings. The van der Waals surface area contributed by atoms with Gasteiger partial charge in [-0.1, -0.05) is 121 Å². The fourth-order valence-corrected chi connectivity index (χ4v) is 9.06. The Kier molecular flexibility index (Phi) is 5.28. The molecule has 0 spiro atoms. The van der Waals surface area contributed by atoms with Gasteiger partial charge in [-0.3, -0.25) is 0 Å². The van der Waals surface area contributed by atoms with Crippen LogP contribution in [0, 0.1) is 0 Å². The lowest BCUT2D eigenvalue weighted by Crippen LogP contribution is -2.24. The van der Waals surface area contributed by atoms with Crippen molar-refractivity contribution < 1.29 is 4.57 Å². The number of rotatable bonds is 4. The van der Waals surface area contributed by atoms with Gasteiger partial charge in [-0.05, 0) is 17.7 Å². The predicted octanol–water partition coefficient (Wildman–Crippen LogP) is 7.91. The number of hydrogen-bond acceptors (Lipinski definition) is 3. The third kappa shape index (κ3) is 3.54. The van der Waals surface area contributed by atoms with Gasteiger partial charge in [0.2, 0.25) is 0 Å². The Labute approximate surface area is 219 Å². The number of para-hydroxylation sites is 1. The lowest BCUT2D eigenvalue weighted by molar-refractivity contribution is 0.592. The average molecular weight is 512 g/mol. The van der Waals surface area contributed by atoms with Crippen LogP contribution in [0.5, 0.6) is 0 Å². The zero-order valence-electron chi connectivity index (χ0n) is 19.9. The molecule has 37 heavy (non-hydrogen) atoms. The van der Waals surface area contributed by atoms with E-state index in [0.29, 0.717) is 0 Å². The normalized spacial score (nSPS) is 11.9. The highest BCUT2D eigenvalue weighted by molar-refractivity contribution is 7.85. The molecule has 176 valence electrons. The summed E-state index contributed by atoms with van der Waals surface area (Å²) >= 11 is 1.78. The van der Waals surface area contributed by atoms with Gasteiger partial charge in [0, 0.05) is 36.9 Å². The molecule has 2 nitrogen and oxygen atoms in total. The highest BCUT2D eigenvalue weighted by atomic mass is 32.1. The lowest BCUT2D eigenvalue weighted by Gasteiger charge is -2.20. The fraction of sp³-hybridized carbons (Fsp3) is 0. The van der Waals surface area contributed by atoms with Crippen LogP contribution in [-0.4, -0.2) is 4.98 Å². The second kappa shape index (κ2) is 8.81. The first-order chi connectivity index (χ1) is 18.2. The van der Waals surface area contributed by atoms with Crippen molar-refractivity contribution in [2.75, 3.05) is 0 Å². The molecular weight excluding hydrogens is 489 g/mol. The van der Waals surface area contributed by atoms with Gasteiger partial charge in [-0.2, -0.15) is 0 Å². The number of benzene rings is 5. The topological polar surface area (TPSA) is 30.0 Å². The van der Waals surface area contributed by atoms with Crippen LogP contribution < -0.4 is 15.9 Å². The van der Waals surface area contributed by atoms with Gasteiger partial charge >= 0.3 is 0 Å². The number of aromatic nitrogens is 1. The molecule has 5 aromatic carbocycles. The summed E-state index contributed by atoms with van der Waals surface area (Å²) in [6, 6.07) is 44.8. The van der Waals surface area contributed by atoms with E-state index in [2.05, 4.69) is 54.6 Å². The first-order valence-electron chi connectivity index (χ1n) is 12.3. The third-order valence-corrected chi connectivity index (χ3v) is 11.2. The van der Waals surface area contributed by atoms with E-state index in [1.807, 2.05) is 78.9 Å². The summed E-state index contributed by atoms with van der Waals surface area (Å²) in [5.41, 5.74) is 4.31. The summed E-state index contributed by atoms with van der Waals surface area (Å²) in [5, 5.41) is 4.83. The zero-order valence-corrected chi connectivity index (χ0v) is 21.6. The predicted molar refractivity (Wildman–Crippen MR) is 159 cm³/mol. The molecule has 0 atom stereocenters. The van der Waals surface area contributed by atoms with E-state index in [4.69, 9.17) is 4.98 Å². The first kappa shape index (κ1) is 22.2. The molecule has 0 amide bonds. The molecule has 0 aliphatic rings. The van der Waals surface area contributed by atoms with E-state index in [0.717, 1.165) is 37.9 Å². The minimum absolute atomic E-state index is 0.833. The van der Waals surface area contributed by atoms with Crippen molar-refractivity contribution >= 4 is 65.6 Å². The van der Waals surface area contributed by atoms with Gasteiger partial charge in [-0.25, -0.2) is 4.98 Å². The minimum atomic E-state index is -3.02. The Bertz CT molecular complexity index is 1900. The van der Waals surface area contributed by atoms with E-state index >= 15 is 0 Å². The molecule has 0 unspecified atom stereocenters. The second-order valence-corrected chi connectivity index (χ2v) is 12.9.